The highest BCUT2D eigenvalue weighted by Crippen LogP contribution is 2.26. The molecule has 0 aliphatic carbocycles. The van der Waals surface area contributed by atoms with Crippen LogP contribution in [0.15, 0.2) is 45.9 Å². The summed E-state index contributed by atoms with van der Waals surface area (Å²) in [5.74, 6) is 0.985. The first kappa shape index (κ1) is 14.6. The molecule has 0 radical (unpaired) electrons. The molecule has 1 heterocycles. The highest BCUT2D eigenvalue weighted by Gasteiger charge is 2.14. The van der Waals surface area contributed by atoms with Gasteiger partial charge in [-0.25, -0.2) is 0 Å². The Labute approximate surface area is 126 Å². The molecule has 1 aromatic carbocycles. The maximum atomic E-state index is 4.33. The van der Waals surface area contributed by atoms with Crippen molar-refractivity contribution in [3.8, 4) is 0 Å². The molecule has 0 fully saturated rings. The normalized spacial score (nSPS) is 12.6. The molecule has 2 aromatic rings. The van der Waals surface area contributed by atoms with E-state index in [1.807, 2.05) is 35.8 Å². The summed E-state index contributed by atoms with van der Waals surface area (Å²) in [6.07, 6.45) is 1.87. The first-order valence-corrected chi connectivity index (χ1v) is 8.09. The smallest absolute Gasteiger partial charge is 0.0584 e. The van der Waals surface area contributed by atoms with Crippen molar-refractivity contribution in [1.29, 1.82) is 0 Å². The van der Waals surface area contributed by atoms with Crippen LogP contribution in [0.5, 0.6) is 0 Å². The van der Waals surface area contributed by atoms with Crippen LogP contribution in [0.1, 0.15) is 18.7 Å². The van der Waals surface area contributed by atoms with Crippen molar-refractivity contribution in [2.24, 2.45) is 0 Å². The number of hydrogen-bond acceptors (Lipinski definition) is 3. The molecule has 0 saturated heterocycles. The molecule has 0 saturated carbocycles. The lowest BCUT2D eigenvalue weighted by atomic mass is 10.2. The summed E-state index contributed by atoms with van der Waals surface area (Å²) in [5.41, 5.74) is 1.24. The second-order valence-electron chi connectivity index (χ2n) is 4.18. The van der Waals surface area contributed by atoms with Crippen LogP contribution >= 0.6 is 27.7 Å². The van der Waals surface area contributed by atoms with Gasteiger partial charge in [-0.15, -0.1) is 11.8 Å². The molecule has 0 bridgehead atoms. The molecule has 0 aliphatic rings. The van der Waals surface area contributed by atoms with E-state index >= 15 is 0 Å². The maximum Gasteiger partial charge on any atom is 0.0584 e. The van der Waals surface area contributed by atoms with Gasteiger partial charge in [-0.1, -0.05) is 22.0 Å². The third-order valence-electron chi connectivity index (χ3n) is 2.97. The van der Waals surface area contributed by atoms with Gasteiger partial charge in [0, 0.05) is 27.9 Å². The molecule has 3 nitrogen and oxygen atoms in total. The third kappa shape index (κ3) is 3.84. The maximum absolute atomic E-state index is 4.33. The first-order chi connectivity index (χ1) is 9.24. The molecule has 102 valence electrons. The van der Waals surface area contributed by atoms with Gasteiger partial charge in [-0.2, -0.15) is 5.10 Å². The highest BCUT2D eigenvalue weighted by molar-refractivity contribution is 9.10. The Morgan fingerprint density at radius 3 is 2.95 bits per heavy atom. The molecule has 1 N–H and O–H groups in total. The van der Waals surface area contributed by atoms with E-state index in [2.05, 4.69) is 57.5 Å². The van der Waals surface area contributed by atoms with E-state index < -0.39 is 0 Å². The Morgan fingerprint density at radius 1 is 1.42 bits per heavy atom. The topological polar surface area (TPSA) is 29.9 Å². The van der Waals surface area contributed by atoms with Crippen LogP contribution in [0.4, 0.5) is 0 Å². The van der Waals surface area contributed by atoms with E-state index in [9.17, 15) is 0 Å². The van der Waals surface area contributed by atoms with Crippen molar-refractivity contribution in [3.05, 3.63) is 46.7 Å². The van der Waals surface area contributed by atoms with Crippen LogP contribution in [0, 0.1) is 0 Å². The predicted octanol–water partition coefficient (Wildman–Crippen LogP) is 3.72. The number of benzene rings is 1. The zero-order chi connectivity index (χ0) is 13.7. The lowest BCUT2D eigenvalue weighted by Crippen LogP contribution is -2.22. The predicted molar refractivity (Wildman–Crippen MR) is 84.6 cm³/mol. The van der Waals surface area contributed by atoms with Gasteiger partial charge in [-0.3, -0.25) is 4.68 Å². The van der Waals surface area contributed by atoms with Gasteiger partial charge >= 0.3 is 0 Å². The van der Waals surface area contributed by atoms with Crippen LogP contribution in [0.2, 0.25) is 0 Å². The van der Waals surface area contributed by atoms with E-state index in [0.29, 0.717) is 6.04 Å². The fourth-order valence-electron chi connectivity index (χ4n) is 1.96. The van der Waals surface area contributed by atoms with Gasteiger partial charge in [0.1, 0.15) is 0 Å². The Hall–Kier alpha value is -0.780. The average molecular weight is 340 g/mol. The Bertz CT molecular complexity index is 527. The zero-order valence-corrected chi connectivity index (χ0v) is 13.5. The summed E-state index contributed by atoms with van der Waals surface area (Å²) in [7, 11) is 2.00. The number of aryl methyl sites for hydroxylation is 1. The van der Waals surface area contributed by atoms with Crippen molar-refractivity contribution in [1.82, 2.24) is 15.1 Å². The molecule has 0 aliphatic heterocycles. The molecule has 1 aromatic heterocycles. The van der Waals surface area contributed by atoms with Crippen molar-refractivity contribution >= 4 is 27.7 Å². The SMILES string of the molecule is CCn1nccc1C(CSc1cccc(Br)c1)NC. The Kier molecular flexibility index (Phi) is 5.48. The number of nitrogens with one attached hydrogen (secondary N) is 1. The van der Waals surface area contributed by atoms with Crippen LogP contribution < -0.4 is 5.32 Å². The van der Waals surface area contributed by atoms with Gasteiger partial charge in [0.15, 0.2) is 0 Å². The summed E-state index contributed by atoms with van der Waals surface area (Å²) < 4.78 is 3.17. The van der Waals surface area contributed by atoms with Crippen molar-refractivity contribution in [2.75, 3.05) is 12.8 Å². The molecular formula is C14H18BrN3S. The summed E-state index contributed by atoms with van der Waals surface area (Å²) in [4.78, 5) is 1.28. The minimum Gasteiger partial charge on any atom is -0.311 e. The third-order valence-corrected chi connectivity index (χ3v) is 4.55. The minimum absolute atomic E-state index is 0.312. The number of nitrogens with zero attached hydrogens (tertiary/aromatic N) is 2. The molecule has 2 rings (SSSR count). The van der Waals surface area contributed by atoms with E-state index in [-0.39, 0.29) is 0 Å². The summed E-state index contributed by atoms with van der Waals surface area (Å²) in [6, 6.07) is 10.8. The quantitative estimate of drug-likeness (QED) is 0.813. The molecule has 1 atom stereocenters. The number of thioether (sulfide) groups is 1. The van der Waals surface area contributed by atoms with Crippen LogP contribution in [-0.2, 0) is 6.54 Å². The monoisotopic (exact) mass is 339 g/mol. The minimum atomic E-state index is 0.312. The van der Waals surface area contributed by atoms with Crippen molar-refractivity contribution in [3.63, 3.8) is 0 Å². The molecule has 5 heteroatoms. The summed E-state index contributed by atoms with van der Waals surface area (Å²) in [6.45, 7) is 3.02. The number of hydrogen-bond donors (Lipinski definition) is 1. The molecule has 0 amide bonds. The largest absolute Gasteiger partial charge is 0.311 e. The van der Waals surface area contributed by atoms with Gasteiger partial charge in [0.05, 0.1) is 11.7 Å². The fraction of sp³-hybridized carbons (Fsp3) is 0.357. The fourth-order valence-corrected chi connectivity index (χ4v) is 3.59. The van der Waals surface area contributed by atoms with Gasteiger partial charge in [0.25, 0.3) is 0 Å². The van der Waals surface area contributed by atoms with Gasteiger partial charge in [-0.05, 0) is 38.2 Å². The molecule has 0 spiro atoms. The van der Waals surface area contributed by atoms with Gasteiger partial charge in [0.2, 0.25) is 0 Å². The zero-order valence-electron chi connectivity index (χ0n) is 11.1. The average Bonchev–Trinajstić information content (AvgIpc) is 2.88. The van der Waals surface area contributed by atoms with Crippen molar-refractivity contribution in [2.45, 2.75) is 24.4 Å². The molecule has 19 heavy (non-hydrogen) atoms. The van der Waals surface area contributed by atoms with Crippen LogP contribution in [-0.4, -0.2) is 22.6 Å². The van der Waals surface area contributed by atoms with E-state index in [1.54, 1.807) is 0 Å². The Balaban J connectivity index is 2.04. The summed E-state index contributed by atoms with van der Waals surface area (Å²) >= 11 is 5.36. The summed E-state index contributed by atoms with van der Waals surface area (Å²) in [5, 5.41) is 7.70. The van der Waals surface area contributed by atoms with E-state index in [0.717, 1.165) is 16.8 Å². The highest BCUT2D eigenvalue weighted by atomic mass is 79.9. The first-order valence-electron chi connectivity index (χ1n) is 6.32. The lowest BCUT2D eigenvalue weighted by molar-refractivity contribution is 0.549. The van der Waals surface area contributed by atoms with Crippen molar-refractivity contribution < 1.29 is 0 Å². The number of aromatic nitrogens is 2. The van der Waals surface area contributed by atoms with Gasteiger partial charge < -0.3 is 5.32 Å². The standard InChI is InChI=1S/C14H18BrN3S/c1-3-18-14(7-8-17-18)13(16-2)10-19-12-6-4-5-11(15)9-12/h4-9,13,16H,3,10H2,1-2H3. The number of rotatable bonds is 6. The van der Waals surface area contributed by atoms with E-state index in [1.165, 1.54) is 10.6 Å². The number of halogens is 1. The van der Waals surface area contributed by atoms with E-state index in [4.69, 9.17) is 0 Å². The second kappa shape index (κ2) is 7.12. The lowest BCUT2D eigenvalue weighted by Gasteiger charge is -2.17. The van der Waals surface area contributed by atoms with Crippen LogP contribution in [0.25, 0.3) is 0 Å². The molecular weight excluding hydrogens is 322 g/mol. The second-order valence-corrected chi connectivity index (χ2v) is 6.19. The Morgan fingerprint density at radius 2 is 2.26 bits per heavy atom. The van der Waals surface area contributed by atoms with Crippen LogP contribution in [0.3, 0.4) is 0 Å². The molecule has 1 unspecified atom stereocenters.